The molecule has 0 fully saturated rings. The molecule has 0 radical (unpaired) electrons. The second-order valence-corrected chi connectivity index (χ2v) is 5.79. The molecule has 0 amide bonds. The Morgan fingerprint density at radius 3 is 2.69 bits per heavy atom. The first-order valence-corrected chi connectivity index (χ1v) is 6.64. The fraction of sp³-hybridized carbons (Fsp3) is 0.250. The predicted octanol–water partition coefficient (Wildman–Crippen LogP) is 3.70. The van der Waals surface area contributed by atoms with Gasteiger partial charge in [0.2, 0.25) is 0 Å². The van der Waals surface area contributed by atoms with Crippen LogP contribution in [0.25, 0.3) is 0 Å². The van der Waals surface area contributed by atoms with E-state index in [1.54, 1.807) is 11.3 Å². The van der Waals surface area contributed by atoms with Gasteiger partial charge in [0.15, 0.2) is 5.13 Å². The van der Waals surface area contributed by atoms with E-state index in [1.807, 2.05) is 6.92 Å². The van der Waals surface area contributed by atoms with Crippen molar-refractivity contribution in [1.29, 1.82) is 0 Å². The first-order chi connectivity index (χ1) is 7.56. The van der Waals surface area contributed by atoms with Crippen molar-refractivity contribution < 1.29 is 0 Å². The Hall–Kier alpha value is -0.870. The Balaban J connectivity index is 2.27. The minimum absolute atomic E-state index is 0.652. The van der Waals surface area contributed by atoms with Crippen molar-refractivity contribution in [2.45, 2.75) is 20.3 Å². The van der Waals surface area contributed by atoms with Gasteiger partial charge < -0.3 is 5.73 Å². The van der Waals surface area contributed by atoms with Crippen LogP contribution in [-0.4, -0.2) is 4.98 Å². The summed E-state index contributed by atoms with van der Waals surface area (Å²) in [5, 5.41) is 0.652. The number of nitrogens with two attached hydrogens (primary N) is 1. The third-order valence-corrected chi connectivity index (χ3v) is 4.35. The molecule has 0 spiro atoms. The van der Waals surface area contributed by atoms with E-state index in [0.717, 1.165) is 16.6 Å². The first-order valence-electron chi connectivity index (χ1n) is 5.03. The van der Waals surface area contributed by atoms with E-state index in [4.69, 9.17) is 5.73 Å². The van der Waals surface area contributed by atoms with Gasteiger partial charge in [-0.15, -0.1) is 11.3 Å². The molecule has 1 heterocycles. The highest BCUT2D eigenvalue weighted by molar-refractivity contribution is 9.10. The smallest absolute Gasteiger partial charge is 0.180 e. The molecule has 2 aromatic rings. The highest BCUT2D eigenvalue weighted by Gasteiger charge is 2.07. The van der Waals surface area contributed by atoms with E-state index < -0.39 is 0 Å². The summed E-state index contributed by atoms with van der Waals surface area (Å²) in [4.78, 5) is 5.48. The van der Waals surface area contributed by atoms with Gasteiger partial charge in [-0.25, -0.2) is 4.98 Å². The number of nitrogens with zero attached hydrogens (tertiary/aromatic N) is 1. The summed E-state index contributed by atoms with van der Waals surface area (Å²) < 4.78 is 1.15. The zero-order valence-corrected chi connectivity index (χ0v) is 11.7. The maximum absolute atomic E-state index is 5.69. The molecule has 0 atom stereocenters. The van der Waals surface area contributed by atoms with Gasteiger partial charge in [-0.05, 0) is 31.0 Å². The molecule has 84 valence electrons. The molecule has 2 nitrogen and oxygen atoms in total. The lowest BCUT2D eigenvalue weighted by Gasteiger charge is -2.03. The van der Waals surface area contributed by atoms with Crippen molar-refractivity contribution in [3.63, 3.8) is 0 Å². The van der Waals surface area contributed by atoms with Gasteiger partial charge in [0.1, 0.15) is 0 Å². The van der Waals surface area contributed by atoms with E-state index in [9.17, 15) is 0 Å². The van der Waals surface area contributed by atoms with Crippen LogP contribution < -0.4 is 5.73 Å². The normalized spacial score (nSPS) is 10.7. The largest absolute Gasteiger partial charge is 0.375 e. The average Bonchev–Trinajstić information content (AvgIpc) is 2.51. The topological polar surface area (TPSA) is 38.9 Å². The van der Waals surface area contributed by atoms with Gasteiger partial charge >= 0.3 is 0 Å². The van der Waals surface area contributed by atoms with Crippen LogP contribution in [0, 0.1) is 13.8 Å². The summed E-state index contributed by atoms with van der Waals surface area (Å²) in [6.07, 6.45) is 0.902. The minimum atomic E-state index is 0.652. The number of aryl methyl sites for hydroxylation is 2. The van der Waals surface area contributed by atoms with Crippen LogP contribution in [0.5, 0.6) is 0 Å². The van der Waals surface area contributed by atoms with Crippen LogP contribution in [0.4, 0.5) is 5.13 Å². The van der Waals surface area contributed by atoms with E-state index >= 15 is 0 Å². The van der Waals surface area contributed by atoms with Crippen molar-refractivity contribution in [2.24, 2.45) is 0 Å². The number of thiazole rings is 1. The molecule has 0 aliphatic rings. The summed E-state index contributed by atoms with van der Waals surface area (Å²) in [5.74, 6) is 0. The number of rotatable bonds is 2. The highest BCUT2D eigenvalue weighted by atomic mass is 79.9. The maximum Gasteiger partial charge on any atom is 0.180 e. The van der Waals surface area contributed by atoms with Crippen LogP contribution in [0.2, 0.25) is 0 Å². The Morgan fingerprint density at radius 2 is 2.12 bits per heavy atom. The van der Waals surface area contributed by atoms with Crippen molar-refractivity contribution in [3.05, 3.63) is 44.4 Å². The van der Waals surface area contributed by atoms with E-state index in [-0.39, 0.29) is 0 Å². The molecule has 0 saturated heterocycles. The Bertz CT molecular complexity index is 520. The second kappa shape index (κ2) is 4.55. The van der Waals surface area contributed by atoms with Gasteiger partial charge in [-0.2, -0.15) is 0 Å². The summed E-state index contributed by atoms with van der Waals surface area (Å²) >= 11 is 5.12. The Labute approximate surface area is 108 Å². The Morgan fingerprint density at radius 1 is 1.38 bits per heavy atom. The standard InChI is InChI=1S/C12H13BrN2S/c1-7-3-4-9(5-10(7)13)6-11-8(2)15-12(14)16-11/h3-5H,6H2,1-2H3,(H2,14,15). The van der Waals surface area contributed by atoms with Crippen LogP contribution >= 0.6 is 27.3 Å². The maximum atomic E-state index is 5.69. The number of hydrogen-bond acceptors (Lipinski definition) is 3. The fourth-order valence-electron chi connectivity index (χ4n) is 1.55. The van der Waals surface area contributed by atoms with Gasteiger partial charge in [0, 0.05) is 15.8 Å². The zero-order chi connectivity index (χ0) is 11.7. The van der Waals surface area contributed by atoms with Crippen LogP contribution in [0.15, 0.2) is 22.7 Å². The number of halogens is 1. The molecule has 0 bridgehead atoms. The third kappa shape index (κ3) is 2.44. The quantitative estimate of drug-likeness (QED) is 0.918. The van der Waals surface area contributed by atoms with E-state index in [1.165, 1.54) is 16.0 Å². The van der Waals surface area contributed by atoms with Crippen LogP contribution in [0.1, 0.15) is 21.7 Å². The molecular formula is C12H13BrN2S. The molecule has 0 aliphatic carbocycles. The van der Waals surface area contributed by atoms with Crippen molar-refractivity contribution in [2.75, 3.05) is 5.73 Å². The lowest BCUT2D eigenvalue weighted by molar-refractivity contribution is 1.15. The zero-order valence-electron chi connectivity index (χ0n) is 9.25. The molecule has 16 heavy (non-hydrogen) atoms. The summed E-state index contributed by atoms with van der Waals surface area (Å²) in [6, 6.07) is 6.43. The van der Waals surface area contributed by atoms with Crippen molar-refractivity contribution in [1.82, 2.24) is 4.98 Å². The second-order valence-electron chi connectivity index (χ2n) is 3.82. The summed E-state index contributed by atoms with van der Waals surface area (Å²) in [6.45, 7) is 4.09. The van der Waals surface area contributed by atoms with Gasteiger partial charge in [0.25, 0.3) is 0 Å². The Kier molecular flexibility index (Phi) is 3.30. The lowest BCUT2D eigenvalue weighted by Crippen LogP contribution is -1.89. The van der Waals surface area contributed by atoms with Gasteiger partial charge in [-0.1, -0.05) is 28.1 Å². The molecule has 0 saturated carbocycles. The first kappa shape index (κ1) is 11.6. The monoisotopic (exact) mass is 296 g/mol. The van der Waals surface area contributed by atoms with Gasteiger partial charge in [-0.3, -0.25) is 0 Å². The van der Waals surface area contributed by atoms with Crippen molar-refractivity contribution in [3.8, 4) is 0 Å². The number of nitrogen functional groups attached to an aromatic ring is 1. The summed E-state index contributed by atoms with van der Waals surface area (Å²) in [7, 11) is 0. The molecule has 2 N–H and O–H groups in total. The number of anilines is 1. The molecule has 1 aromatic carbocycles. The molecule has 0 aliphatic heterocycles. The average molecular weight is 297 g/mol. The SMILES string of the molecule is Cc1ccc(Cc2sc(N)nc2C)cc1Br. The minimum Gasteiger partial charge on any atom is -0.375 e. The summed E-state index contributed by atoms with van der Waals surface area (Å²) in [5.41, 5.74) is 9.26. The third-order valence-electron chi connectivity index (χ3n) is 2.51. The van der Waals surface area contributed by atoms with Crippen molar-refractivity contribution >= 4 is 32.4 Å². The number of aromatic nitrogens is 1. The van der Waals surface area contributed by atoms with Crippen LogP contribution in [-0.2, 0) is 6.42 Å². The molecular weight excluding hydrogens is 284 g/mol. The van der Waals surface area contributed by atoms with E-state index in [0.29, 0.717) is 5.13 Å². The predicted molar refractivity (Wildman–Crippen MR) is 72.9 cm³/mol. The molecule has 1 aromatic heterocycles. The fourth-order valence-corrected chi connectivity index (χ4v) is 2.84. The van der Waals surface area contributed by atoms with Crippen LogP contribution in [0.3, 0.4) is 0 Å². The van der Waals surface area contributed by atoms with E-state index in [2.05, 4.69) is 46.0 Å². The lowest BCUT2D eigenvalue weighted by atomic mass is 10.1. The number of benzene rings is 1. The molecule has 4 heteroatoms. The highest BCUT2D eigenvalue weighted by Crippen LogP contribution is 2.25. The van der Waals surface area contributed by atoms with Gasteiger partial charge in [0.05, 0.1) is 5.69 Å². The molecule has 2 rings (SSSR count). The number of hydrogen-bond donors (Lipinski definition) is 1. The molecule has 0 unspecified atom stereocenters.